The van der Waals surface area contributed by atoms with Crippen molar-refractivity contribution in [3.8, 4) is 5.75 Å². The molecule has 0 saturated heterocycles. The van der Waals surface area contributed by atoms with Gasteiger partial charge in [0.25, 0.3) is 0 Å². The van der Waals surface area contributed by atoms with Crippen molar-refractivity contribution in [1.82, 2.24) is 5.32 Å². The van der Waals surface area contributed by atoms with E-state index in [1.807, 2.05) is 24.3 Å². The first-order valence-electron chi connectivity index (χ1n) is 6.38. The smallest absolute Gasteiger partial charge is 0.344 e. The molecule has 0 aliphatic heterocycles. The lowest BCUT2D eigenvalue weighted by atomic mass is 10.2. The third-order valence-electron chi connectivity index (χ3n) is 2.73. The van der Waals surface area contributed by atoms with Crippen molar-refractivity contribution in [3.05, 3.63) is 29.8 Å². The molecule has 1 aliphatic carbocycles. The second-order valence-corrected chi connectivity index (χ2v) is 4.40. The molecule has 0 radical (unpaired) electrons. The average molecular weight is 249 g/mol. The fourth-order valence-corrected chi connectivity index (χ4v) is 1.64. The molecule has 1 aromatic rings. The molecule has 0 heterocycles. The van der Waals surface area contributed by atoms with Crippen LogP contribution in [0.4, 0.5) is 0 Å². The van der Waals surface area contributed by atoms with Crippen LogP contribution in [0.25, 0.3) is 0 Å². The second-order valence-electron chi connectivity index (χ2n) is 4.40. The lowest BCUT2D eigenvalue weighted by molar-refractivity contribution is -0.145. The maximum absolute atomic E-state index is 11.2. The number of hydrogen-bond donors (Lipinski definition) is 1. The molecule has 0 aromatic heterocycles. The predicted octanol–water partition coefficient (Wildman–Crippen LogP) is 1.88. The van der Waals surface area contributed by atoms with E-state index in [1.54, 1.807) is 6.92 Å². The number of nitrogens with one attached hydrogen (secondary N) is 1. The van der Waals surface area contributed by atoms with Gasteiger partial charge in [-0.2, -0.15) is 0 Å². The Labute approximate surface area is 107 Å². The number of hydrogen-bond acceptors (Lipinski definition) is 4. The van der Waals surface area contributed by atoms with Gasteiger partial charge in [0, 0.05) is 12.6 Å². The Morgan fingerprint density at radius 3 is 3.00 bits per heavy atom. The SMILES string of the molecule is CCOC(=O)COc1cccc(CNC2CC2)c1. The number of rotatable bonds is 7. The normalized spacial score (nSPS) is 14.3. The molecule has 1 saturated carbocycles. The van der Waals surface area contributed by atoms with Gasteiger partial charge in [-0.05, 0) is 37.5 Å². The molecular formula is C14H19NO3. The van der Waals surface area contributed by atoms with Crippen LogP contribution in [0.15, 0.2) is 24.3 Å². The molecule has 0 atom stereocenters. The van der Waals surface area contributed by atoms with Crippen molar-refractivity contribution < 1.29 is 14.3 Å². The van der Waals surface area contributed by atoms with Gasteiger partial charge in [0.15, 0.2) is 6.61 Å². The first-order chi connectivity index (χ1) is 8.78. The molecule has 1 aliphatic rings. The molecule has 4 heteroatoms. The molecule has 0 unspecified atom stereocenters. The minimum atomic E-state index is -0.334. The summed E-state index contributed by atoms with van der Waals surface area (Å²) in [4.78, 5) is 11.2. The minimum absolute atomic E-state index is 0.0344. The Kier molecular flexibility index (Phi) is 4.59. The van der Waals surface area contributed by atoms with Gasteiger partial charge in [-0.3, -0.25) is 0 Å². The van der Waals surface area contributed by atoms with E-state index in [0.29, 0.717) is 18.4 Å². The van der Waals surface area contributed by atoms with Crippen LogP contribution in [0, 0.1) is 0 Å². The summed E-state index contributed by atoms with van der Waals surface area (Å²) in [5.41, 5.74) is 1.17. The topological polar surface area (TPSA) is 47.6 Å². The number of carbonyl (C=O) groups excluding carboxylic acids is 1. The van der Waals surface area contributed by atoms with Crippen molar-refractivity contribution in [2.75, 3.05) is 13.2 Å². The highest BCUT2D eigenvalue weighted by molar-refractivity contribution is 5.71. The molecule has 0 spiro atoms. The third kappa shape index (κ3) is 4.37. The summed E-state index contributed by atoms with van der Waals surface area (Å²) in [7, 11) is 0. The Balaban J connectivity index is 1.80. The Bertz CT molecular complexity index is 402. The van der Waals surface area contributed by atoms with E-state index in [-0.39, 0.29) is 12.6 Å². The molecule has 0 bridgehead atoms. The Morgan fingerprint density at radius 2 is 2.28 bits per heavy atom. The quantitative estimate of drug-likeness (QED) is 0.750. The monoisotopic (exact) mass is 249 g/mol. The fourth-order valence-electron chi connectivity index (χ4n) is 1.64. The van der Waals surface area contributed by atoms with E-state index in [9.17, 15) is 4.79 Å². The first-order valence-corrected chi connectivity index (χ1v) is 6.38. The fraction of sp³-hybridized carbons (Fsp3) is 0.500. The van der Waals surface area contributed by atoms with Gasteiger partial charge in [0.1, 0.15) is 5.75 Å². The van der Waals surface area contributed by atoms with Crippen molar-refractivity contribution in [3.63, 3.8) is 0 Å². The van der Waals surface area contributed by atoms with E-state index >= 15 is 0 Å². The maximum atomic E-state index is 11.2. The number of ether oxygens (including phenoxy) is 2. The van der Waals surface area contributed by atoms with Crippen molar-refractivity contribution >= 4 is 5.97 Å². The summed E-state index contributed by atoms with van der Waals surface area (Å²) in [6.07, 6.45) is 2.55. The summed E-state index contributed by atoms with van der Waals surface area (Å²) in [5.74, 6) is 0.372. The van der Waals surface area contributed by atoms with Crippen LogP contribution in [0.5, 0.6) is 5.75 Å². The van der Waals surface area contributed by atoms with Crippen LogP contribution >= 0.6 is 0 Å². The molecule has 1 fully saturated rings. The van der Waals surface area contributed by atoms with Crippen LogP contribution < -0.4 is 10.1 Å². The summed E-state index contributed by atoms with van der Waals surface area (Å²) >= 11 is 0. The highest BCUT2D eigenvalue weighted by atomic mass is 16.6. The first kappa shape index (κ1) is 12.9. The van der Waals surface area contributed by atoms with Crippen molar-refractivity contribution in [2.45, 2.75) is 32.4 Å². The van der Waals surface area contributed by atoms with E-state index in [2.05, 4.69) is 5.32 Å². The van der Waals surface area contributed by atoms with E-state index < -0.39 is 0 Å². The zero-order valence-corrected chi connectivity index (χ0v) is 10.6. The van der Waals surface area contributed by atoms with Crippen molar-refractivity contribution in [1.29, 1.82) is 0 Å². The Morgan fingerprint density at radius 1 is 1.44 bits per heavy atom. The lowest BCUT2D eigenvalue weighted by Crippen LogP contribution is -2.16. The largest absolute Gasteiger partial charge is 0.482 e. The van der Waals surface area contributed by atoms with E-state index in [1.165, 1.54) is 18.4 Å². The van der Waals surface area contributed by atoms with Crippen LogP contribution in [0.3, 0.4) is 0 Å². The number of esters is 1. The summed E-state index contributed by atoms with van der Waals surface area (Å²) in [6.45, 7) is 2.98. The van der Waals surface area contributed by atoms with E-state index in [4.69, 9.17) is 9.47 Å². The van der Waals surface area contributed by atoms with Gasteiger partial charge in [-0.1, -0.05) is 12.1 Å². The van der Waals surface area contributed by atoms with Gasteiger partial charge >= 0.3 is 5.97 Å². The summed E-state index contributed by atoms with van der Waals surface area (Å²) < 4.78 is 10.2. The molecule has 0 amide bonds. The standard InChI is InChI=1S/C14H19NO3/c1-2-17-14(16)10-18-13-5-3-4-11(8-13)9-15-12-6-7-12/h3-5,8,12,15H,2,6-7,9-10H2,1H3. The van der Waals surface area contributed by atoms with Gasteiger partial charge < -0.3 is 14.8 Å². The third-order valence-corrected chi connectivity index (χ3v) is 2.73. The minimum Gasteiger partial charge on any atom is -0.482 e. The molecule has 98 valence electrons. The highest BCUT2D eigenvalue weighted by Gasteiger charge is 2.19. The van der Waals surface area contributed by atoms with Crippen molar-refractivity contribution in [2.24, 2.45) is 0 Å². The van der Waals surface area contributed by atoms with Crippen LogP contribution in [-0.2, 0) is 16.1 Å². The average Bonchev–Trinajstić information content (AvgIpc) is 3.19. The van der Waals surface area contributed by atoms with E-state index in [0.717, 1.165) is 6.54 Å². The lowest BCUT2D eigenvalue weighted by Gasteiger charge is -2.08. The van der Waals surface area contributed by atoms with Gasteiger partial charge in [0.05, 0.1) is 6.61 Å². The second kappa shape index (κ2) is 6.40. The molecule has 4 nitrogen and oxygen atoms in total. The predicted molar refractivity (Wildman–Crippen MR) is 68.4 cm³/mol. The number of benzene rings is 1. The summed E-state index contributed by atoms with van der Waals surface area (Å²) in [5, 5.41) is 3.44. The van der Waals surface area contributed by atoms with Gasteiger partial charge in [0.2, 0.25) is 0 Å². The van der Waals surface area contributed by atoms with Crippen LogP contribution in [0.1, 0.15) is 25.3 Å². The molecule has 2 rings (SSSR count). The van der Waals surface area contributed by atoms with Crippen LogP contribution in [0.2, 0.25) is 0 Å². The zero-order valence-electron chi connectivity index (χ0n) is 10.6. The molecule has 1 aromatic carbocycles. The molecular weight excluding hydrogens is 230 g/mol. The Hall–Kier alpha value is -1.55. The number of carbonyl (C=O) groups is 1. The molecule has 1 N–H and O–H groups in total. The van der Waals surface area contributed by atoms with Gasteiger partial charge in [-0.15, -0.1) is 0 Å². The zero-order chi connectivity index (χ0) is 12.8. The van der Waals surface area contributed by atoms with Crippen LogP contribution in [-0.4, -0.2) is 25.2 Å². The highest BCUT2D eigenvalue weighted by Crippen LogP contribution is 2.20. The molecule has 18 heavy (non-hydrogen) atoms. The maximum Gasteiger partial charge on any atom is 0.344 e. The summed E-state index contributed by atoms with van der Waals surface area (Å²) in [6, 6.07) is 8.47. The van der Waals surface area contributed by atoms with Gasteiger partial charge in [-0.25, -0.2) is 4.79 Å².